The van der Waals surface area contributed by atoms with Crippen molar-refractivity contribution in [2.24, 2.45) is 0 Å². The molecule has 0 saturated carbocycles. The topological polar surface area (TPSA) is 275 Å². The molecule has 4 aromatic carbocycles. The summed E-state index contributed by atoms with van der Waals surface area (Å²) in [5.41, 5.74) is -1.03. The molecule has 0 atom stereocenters. The molecule has 6 N–H and O–H groups in total. The molecule has 2 aliphatic rings. The number of nitrogens with zero attached hydrogens (tertiary/aromatic N) is 2. The molecular formula is C44H22Cl8N4O12S4Zn. The maximum absolute atomic E-state index is 12.7. The van der Waals surface area contributed by atoms with Crippen LogP contribution in [-0.4, -0.2) is 71.8 Å². The second kappa shape index (κ2) is 19.9. The standard InChI is InChI=1S/C44H22Cl8N4O12S4.Zn/c45-17-1-13-29(69(57,58)59)41(49)33(17)37-21-5-7-23(53-21)38(34-18(46)2-14-30(42(34)50)70(60,61)62)25-9-11-27(55-25)40(36-20(48)4-16-32(44(36)52)72(66,67)68)28-12-10-26(56-28)39(24-8-6-22(37)54-24)35-19(47)3-15-31(43(35)51)71(63,64)65;/h1-16,53,56H,(H,57,58,59)(H,60,61,62)(H,63,64,65)(H,66,67,68);. The summed E-state index contributed by atoms with van der Waals surface area (Å²) in [5, 5.41) is -2.96. The van der Waals surface area contributed by atoms with Crippen molar-refractivity contribution in [2.45, 2.75) is 19.6 Å². The number of H-pyrrole nitrogens is 2. The van der Waals surface area contributed by atoms with Crippen LogP contribution in [0.1, 0.15) is 22.8 Å². The van der Waals surface area contributed by atoms with E-state index in [2.05, 4.69) is 9.97 Å². The SMILES string of the molecule is O=S(=O)(O)c1ccc(Cl)c(-c2c3nc(c(-c4c(Cl)ccc(S(=O)(=O)O)c4Cl)c4ccc([nH]4)c(-c4c(Cl)ccc(S(=O)(=O)O)c4Cl)c4nc(c(-c5c(Cl)ccc(S(=O)(=O)O)c5Cl)c5ccc2[nH]5)C=C4)C=C3)c1Cl.[Zn]. The molecule has 8 bridgehead atoms. The number of hydrogen-bond donors (Lipinski definition) is 6. The fourth-order valence-electron chi connectivity index (χ4n) is 8.10. The summed E-state index contributed by atoms with van der Waals surface area (Å²) in [6, 6.07) is 14.2. The van der Waals surface area contributed by atoms with E-state index in [1.165, 1.54) is 48.6 Å². The smallest absolute Gasteiger partial charge is 0.296 e. The van der Waals surface area contributed by atoms with Crippen molar-refractivity contribution >= 4 is 180 Å². The molecule has 0 unspecified atom stereocenters. The molecule has 0 spiro atoms. The van der Waals surface area contributed by atoms with Crippen LogP contribution in [0.5, 0.6) is 0 Å². The van der Waals surface area contributed by atoms with Crippen LogP contribution in [0, 0.1) is 0 Å². The zero-order valence-corrected chi connectivity index (χ0v) is 47.8. The van der Waals surface area contributed by atoms with E-state index in [4.69, 9.17) is 103 Å². The van der Waals surface area contributed by atoms with Crippen molar-refractivity contribution in [3.05, 3.63) is 136 Å². The third-order valence-electron chi connectivity index (χ3n) is 11.1. The maximum Gasteiger partial charge on any atom is 0.296 e. The molecule has 29 heteroatoms. The predicted molar refractivity (Wildman–Crippen MR) is 280 cm³/mol. The van der Waals surface area contributed by atoms with Gasteiger partial charge in [0.1, 0.15) is 19.6 Å². The van der Waals surface area contributed by atoms with Crippen molar-refractivity contribution < 1.29 is 71.4 Å². The average molecular weight is 1280 g/mol. The number of fused-ring (bicyclic) bond motifs is 8. The zero-order valence-electron chi connectivity index (χ0n) is 35.6. The monoisotopic (exact) mass is 1270 g/mol. The van der Waals surface area contributed by atoms with Gasteiger partial charge in [0, 0.05) is 86.1 Å². The Morgan fingerprint density at radius 3 is 0.685 bits per heavy atom. The van der Waals surface area contributed by atoms with Crippen molar-refractivity contribution in [2.75, 3.05) is 0 Å². The largest absolute Gasteiger partial charge is 0.354 e. The molecule has 0 fully saturated rings. The molecule has 7 aromatic rings. The fraction of sp³-hybridized carbons (Fsp3) is 0. The number of hydrogen-bond acceptors (Lipinski definition) is 10. The molecule has 16 nitrogen and oxygen atoms in total. The molecule has 0 radical (unpaired) electrons. The van der Waals surface area contributed by atoms with Crippen LogP contribution in [0.3, 0.4) is 0 Å². The molecule has 372 valence electrons. The van der Waals surface area contributed by atoms with E-state index in [1.807, 2.05) is 0 Å². The fourth-order valence-corrected chi connectivity index (χ4v) is 13.8. The molecular weight excluding hydrogens is 1250 g/mol. The minimum atomic E-state index is -5.02. The average Bonchev–Trinajstić information content (AvgIpc) is 4.11. The normalized spacial score (nSPS) is 12.9. The first kappa shape index (κ1) is 55.3. The van der Waals surface area contributed by atoms with E-state index in [9.17, 15) is 51.9 Å². The van der Waals surface area contributed by atoms with Gasteiger partial charge >= 0.3 is 0 Å². The van der Waals surface area contributed by atoms with Crippen molar-refractivity contribution in [1.82, 2.24) is 19.9 Å². The first-order valence-electron chi connectivity index (χ1n) is 19.6. The zero-order chi connectivity index (χ0) is 52.3. The Labute approximate surface area is 466 Å². The van der Waals surface area contributed by atoms with Crippen LogP contribution in [0.4, 0.5) is 0 Å². The molecule has 73 heavy (non-hydrogen) atoms. The van der Waals surface area contributed by atoms with E-state index in [1.54, 1.807) is 0 Å². The molecule has 0 amide bonds. The molecule has 5 heterocycles. The van der Waals surface area contributed by atoms with Crippen molar-refractivity contribution in [3.8, 4) is 44.5 Å². The summed E-state index contributed by atoms with van der Waals surface area (Å²) >= 11 is 54.7. The Morgan fingerprint density at radius 2 is 0.507 bits per heavy atom. The van der Waals surface area contributed by atoms with Gasteiger partial charge in [-0.3, -0.25) is 18.2 Å². The summed E-state index contributed by atoms with van der Waals surface area (Å²) in [4.78, 5) is 13.1. The van der Waals surface area contributed by atoms with Gasteiger partial charge in [0.05, 0.1) is 63.0 Å². The van der Waals surface area contributed by atoms with E-state index >= 15 is 0 Å². The van der Waals surface area contributed by atoms with Gasteiger partial charge in [-0.1, -0.05) is 92.8 Å². The Balaban J connectivity index is 0.00000711. The van der Waals surface area contributed by atoms with Crippen LogP contribution in [0.15, 0.2) is 92.4 Å². The van der Waals surface area contributed by atoms with E-state index in [0.29, 0.717) is 0 Å². The minimum absolute atomic E-state index is 0. The Kier molecular flexibility index (Phi) is 15.1. The van der Waals surface area contributed by atoms with Gasteiger partial charge in [0.2, 0.25) is 0 Å². The van der Waals surface area contributed by atoms with Gasteiger partial charge < -0.3 is 9.97 Å². The van der Waals surface area contributed by atoms with Gasteiger partial charge in [-0.15, -0.1) is 0 Å². The van der Waals surface area contributed by atoms with Gasteiger partial charge in [0.15, 0.2) is 0 Å². The summed E-state index contributed by atoms with van der Waals surface area (Å²) in [6.07, 6.45) is 5.69. The molecule has 9 rings (SSSR count). The van der Waals surface area contributed by atoms with Gasteiger partial charge in [0.25, 0.3) is 40.5 Å². The summed E-state index contributed by atoms with van der Waals surface area (Å²) in [7, 11) is -20.1. The number of halogens is 8. The van der Waals surface area contributed by atoms with Crippen LogP contribution in [-0.2, 0) is 60.0 Å². The van der Waals surface area contributed by atoms with Crippen molar-refractivity contribution in [1.29, 1.82) is 0 Å². The van der Waals surface area contributed by atoms with Crippen LogP contribution < -0.4 is 0 Å². The first-order valence-corrected chi connectivity index (χ1v) is 28.4. The van der Waals surface area contributed by atoms with E-state index in [-0.39, 0.29) is 129 Å². The quantitative estimate of drug-likeness (QED) is 0.0610. The third kappa shape index (κ3) is 10.0. The Morgan fingerprint density at radius 1 is 0.315 bits per heavy atom. The molecule has 0 aliphatic carbocycles. The number of benzene rings is 4. The molecule has 0 saturated heterocycles. The summed E-state index contributed by atoms with van der Waals surface area (Å²) < 4.78 is 143. The number of aromatic amines is 2. The summed E-state index contributed by atoms with van der Waals surface area (Å²) in [6.45, 7) is 0. The number of aromatic nitrogens is 4. The van der Waals surface area contributed by atoms with Gasteiger partial charge in [-0.05, 0) is 97.1 Å². The molecule has 2 aliphatic heterocycles. The Hall–Kier alpha value is -3.94. The number of rotatable bonds is 8. The van der Waals surface area contributed by atoms with Crippen LogP contribution in [0.2, 0.25) is 40.2 Å². The van der Waals surface area contributed by atoms with Gasteiger partial charge in [-0.2, -0.15) is 33.7 Å². The third-order valence-corrected chi connectivity index (χ3v) is 18.0. The molecule has 3 aromatic heterocycles. The minimum Gasteiger partial charge on any atom is -0.354 e. The Bertz CT molecular complexity index is 3800. The van der Waals surface area contributed by atoms with Crippen LogP contribution in [0.25, 0.3) is 90.9 Å². The van der Waals surface area contributed by atoms with Gasteiger partial charge in [-0.25, -0.2) is 9.97 Å². The maximum atomic E-state index is 12.7. The number of nitrogens with one attached hydrogen (secondary N) is 2. The second-order valence-electron chi connectivity index (χ2n) is 15.3. The first-order chi connectivity index (χ1) is 33.6. The van der Waals surface area contributed by atoms with Crippen LogP contribution >= 0.6 is 92.8 Å². The second-order valence-corrected chi connectivity index (χ2v) is 24.0. The van der Waals surface area contributed by atoms with Crippen molar-refractivity contribution in [3.63, 3.8) is 0 Å². The predicted octanol–water partition coefficient (Wildman–Crippen LogP) is 13.5. The summed E-state index contributed by atoms with van der Waals surface area (Å²) in [5.74, 6) is 0. The van der Waals surface area contributed by atoms with E-state index < -0.39 is 80.1 Å². The van der Waals surface area contributed by atoms with E-state index in [0.717, 1.165) is 48.5 Å².